The molecule has 22 heavy (non-hydrogen) atoms. The molecular formula is C16H16N6. The average Bonchev–Trinajstić information content (AvgIpc) is 2.97. The molecule has 0 bridgehead atoms. The summed E-state index contributed by atoms with van der Waals surface area (Å²) < 4.78 is 1.86. The second-order valence-corrected chi connectivity index (χ2v) is 5.48. The van der Waals surface area contributed by atoms with Crippen molar-refractivity contribution in [3.05, 3.63) is 41.9 Å². The van der Waals surface area contributed by atoms with Crippen LogP contribution in [-0.2, 0) is 0 Å². The Kier molecular flexibility index (Phi) is 3.47. The van der Waals surface area contributed by atoms with Crippen LogP contribution in [0.3, 0.4) is 0 Å². The molecule has 2 aromatic heterocycles. The summed E-state index contributed by atoms with van der Waals surface area (Å²) in [5.74, 6) is 0. The summed E-state index contributed by atoms with van der Waals surface area (Å²) in [6, 6.07) is 8.25. The highest BCUT2D eigenvalue weighted by molar-refractivity contribution is 5.95. The van der Waals surface area contributed by atoms with E-state index in [2.05, 4.69) is 40.5 Å². The number of nitrogens with zero attached hydrogens (tertiary/aromatic N) is 5. The molecule has 3 aromatic rings. The Labute approximate surface area is 128 Å². The number of nitrogens with one attached hydrogen (secondary N) is 1. The van der Waals surface area contributed by atoms with Crippen molar-refractivity contribution in [3.63, 3.8) is 0 Å². The normalized spacial score (nSPS) is 10.9. The van der Waals surface area contributed by atoms with Gasteiger partial charge in [-0.3, -0.25) is 4.68 Å². The molecule has 0 aliphatic heterocycles. The van der Waals surface area contributed by atoms with Crippen LogP contribution in [0.1, 0.15) is 31.1 Å². The number of hydrogen-bond acceptors (Lipinski definition) is 5. The summed E-state index contributed by atoms with van der Waals surface area (Å²) in [5, 5.41) is 25.8. The first-order valence-corrected chi connectivity index (χ1v) is 7.07. The maximum atomic E-state index is 9.31. The number of fused-ring (bicyclic) bond motifs is 1. The van der Waals surface area contributed by atoms with Crippen LogP contribution in [-0.4, -0.2) is 20.0 Å². The van der Waals surface area contributed by atoms with Gasteiger partial charge in [0.25, 0.3) is 0 Å². The van der Waals surface area contributed by atoms with Crippen LogP contribution < -0.4 is 5.32 Å². The van der Waals surface area contributed by atoms with Crippen molar-refractivity contribution in [2.45, 2.75) is 26.8 Å². The highest BCUT2D eigenvalue weighted by Crippen LogP contribution is 2.28. The molecule has 0 fully saturated rings. The molecule has 6 heteroatoms. The van der Waals surface area contributed by atoms with Gasteiger partial charge < -0.3 is 5.32 Å². The molecule has 0 atom stereocenters. The average molecular weight is 292 g/mol. The lowest BCUT2D eigenvalue weighted by Crippen LogP contribution is -2.01. The van der Waals surface area contributed by atoms with Gasteiger partial charge in [-0.2, -0.15) is 10.4 Å². The zero-order valence-corrected chi connectivity index (χ0v) is 12.7. The summed E-state index contributed by atoms with van der Waals surface area (Å²) in [5.41, 5.74) is 3.62. The second-order valence-electron chi connectivity index (χ2n) is 5.48. The maximum absolute atomic E-state index is 9.31. The molecule has 0 aliphatic rings. The lowest BCUT2D eigenvalue weighted by atomic mass is 10.1. The zero-order valence-electron chi connectivity index (χ0n) is 12.7. The molecule has 0 unspecified atom stereocenters. The molecule has 110 valence electrons. The first kappa shape index (κ1) is 14.0. The number of benzene rings is 1. The lowest BCUT2D eigenvalue weighted by Gasteiger charge is -2.09. The van der Waals surface area contributed by atoms with Crippen LogP contribution in [0, 0.1) is 18.3 Å². The van der Waals surface area contributed by atoms with Gasteiger partial charge in [-0.05, 0) is 32.9 Å². The third kappa shape index (κ3) is 2.49. The second kappa shape index (κ2) is 5.45. The molecule has 1 aromatic carbocycles. The molecule has 0 saturated carbocycles. The van der Waals surface area contributed by atoms with Gasteiger partial charge in [-0.25, -0.2) is 0 Å². The molecule has 0 radical (unpaired) electrons. The van der Waals surface area contributed by atoms with E-state index in [4.69, 9.17) is 0 Å². The third-order valence-electron chi connectivity index (χ3n) is 3.42. The Morgan fingerprint density at radius 2 is 2.09 bits per heavy atom. The standard InChI is InChI=1S/C16H16N6/c1-10(2)22-9-12(8-18-22)19-16-13-6-11(3)4-5-14(13)20-21-15(16)7-17/h4-6,8-10H,1-3H3,(H,19,20). The van der Waals surface area contributed by atoms with E-state index in [0.717, 1.165) is 22.2 Å². The van der Waals surface area contributed by atoms with Crippen LogP contribution in [0.4, 0.5) is 11.4 Å². The van der Waals surface area contributed by atoms with Crippen molar-refractivity contribution in [1.82, 2.24) is 20.0 Å². The predicted octanol–water partition coefficient (Wildman–Crippen LogP) is 3.33. The smallest absolute Gasteiger partial charge is 0.187 e. The van der Waals surface area contributed by atoms with E-state index >= 15 is 0 Å². The van der Waals surface area contributed by atoms with E-state index in [9.17, 15) is 5.26 Å². The van der Waals surface area contributed by atoms with Crippen molar-refractivity contribution < 1.29 is 0 Å². The Morgan fingerprint density at radius 3 is 2.77 bits per heavy atom. The fourth-order valence-electron chi connectivity index (χ4n) is 2.25. The fraction of sp³-hybridized carbons (Fsp3) is 0.250. The van der Waals surface area contributed by atoms with Gasteiger partial charge >= 0.3 is 0 Å². The molecule has 0 spiro atoms. The van der Waals surface area contributed by atoms with Crippen molar-refractivity contribution >= 4 is 22.3 Å². The fourth-order valence-corrected chi connectivity index (χ4v) is 2.25. The van der Waals surface area contributed by atoms with Crippen LogP contribution in [0.25, 0.3) is 10.9 Å². The van der Waals surface area contributed by atoms with E-state index < -0.39 is 0 Å². The van der Waals surface area contributed by atoms with Gasteiger partial charge in [0, 0.05) is 17.6 Å². The minimum absolute atomic E-state index is 0.274. The van der Waals surface area contributed by atoms with Crippen molar-refractivity contribution in [2.24, 2.45) is 0 Å². The Bertz CT molecular complexity index is 872. The molecule has 0 aliphatic carbocycles. The number of hydrogen-bond donors (Lipinski definition) is 1. The summed E-state index contributed by atoms with van der Waals surface area (Å²) in [6.07, 6.45) is 3.65. The predicted molar refractivity (Wildman–Crippen MR) is 84.9 cm³/mol. The van der Waals surface area contributed by atoms with Crippen LogP contribution in [0.15, 0.2) is 30.6 Å². The number of rotatable bonds is 3. The molecule has 0 saturated heterocycles. The highest BCUT2D eigenvalue weighted by atomic mass is 15.3. The van der Waals surface area contributed by atoms with Crippen molar-refractivity contribution in [1.29, 1.82) is 5.26 Å². The molecule has 2 heterocycles. The van der Waals surface area contributed by atoms with Crippen molar-refractivity contribution in [3.8, 4) is 6.07 Å². The molecular weight excluding hydrogens is 276 g/mol. The number of nitriles is 1. The van der Waals surface area contributed by atoms with Crippen LogP contribution in [0.2, 0.25) is 0 Å². The van der Waals surface area contributed by atoms with E-state index in [1.807, 2.05) is 36.0 Å². The lowest BCUT2D eigenvalue weighted by molar-refractivity contribution is 0.532. The third-order valence-corrected chi connectivity index (χ3v) is 3.42. The number of aromatic nitrogens is 4. The highest BCUT2D eigenvalue weighted by Gasteiger charge is 2.12. The summed E-state index contributed by atoms with van der Waals surface area (Å²) in [4.78, 5) is 0. The molecule has 3 rings (SSSR count). The topological polar surface area (TPSA) is 79.4 Å². The molecule has 0 amide bonds. The quantitative estimate of drug-likeness (QED) is 0.801. The first-order chi connectivity index (χ1) is 10.6. The minimum Gasteiger partial charge on any atom is -0.350 e. The largest absolute Gasteiger partial charge is 0.350 e. The Balaban J connectivity index is 2.11. The van der Waals surface area contributed by atoms with E-state index in [0.29, 0.717) is 5.69 Å². The minimum atomic E-state index is 0.274. The van der Waals surface area contributed by atoms with Gasteiger partial charge in [0.1, 0.15) is 6.07 Å². The summed E-state index contributed by atoms with van der Waals surface area (Å²) in [6.45, 7) is 6.13. The van der Waals surface area contributed by atoms with Crippen LogP contribution in [0.5, 0.6) is 0 Å². The van der Waals surface area contributed by atoms with Gasteiger partial charge in [-0.1, -0.05) is 11.6 Å². The van der Waals surface area contributed by atoms with Gasteiger partial charge in [0.2, 0.25) is 0 Å². The molecule has 1 N–H and O–H groups in total. The Morgan fingerprint density at radius 1 is 1.27 bits per heavy atom. The van der Waals surface area contributed by atoms with E-state index in [1.165, 1.54) is 0 Å². The van der Waals surface area contributed by atoms with E-state index in [-0.39, 0.29) is 11.7 Å². The summed E-state index contributed by atoms with van der Waals surface area (Å²) >= 11 is 0. The van der Waals surface area contributed by atoms with E-state index in [1.54, 1.807) is 6.20 Å². The maximum Gasteiger partial charge on any atom is 0.187 e. The monoisotopic (exact) mass is 292 g/mol. The number of anilines is 2. The number of aryl methyl sites for hydroxylation is 1. The molecule has 6 nitrogen and oxygen atoms in total. The zero-order chi connectivity index (χ0) is 15.7. The van der Waals surface area contributed by atoms with Crippen LogP contribution >= 0.6 is 0 Å². The van der Waals surface area contributed by atoms with Gasteiger partial charge in [-0.15, -0.1) is 10.2 Å². The van der Waals surface area contributed by atoms with Gasteiger partial charge in [0.05, 0.1) is 23.1 Å². The summed E-state index contributed by atoms with van der Waals surface area (Å²) in [7, 11) is 0. The van der Waals surface area contributed by atoms with Crippen molar-refractivity contribution in [2.75, 3.05) is 5.32 Å². The first-order valence-electron chi connectivity index (χ1n) is 7.07. The SMILES string of the molecule is Cc1ccc2nnc(C#N)c(Nc3cnn(C(C)C)c3)c2c1. The Hall–Kier alpha value is -2.94. The van der Waals surface area contributed by atoms with Gasteiger partial charge in [0.15, 0.2) is 5.69 Å².